The molecule has 0 radical (unpaired) electrons. The lowest BCUT2D eigenvalue weighted by Gasteiger charge is -2.04. The van der Waals surface area contributed by atoms with Crippen LogP contribution in [-0.2, 0) is 11.2 Å². The van der Waals surface area contributed by atoms with E-state index in [9.17, 15) is 9.59 Å². The number of carbonyl (C=O) groups is 2. The number of nitriles is 1. The van der Waals surface area contributed by atoms with E-state index in [-0.39, 0.29) is 12.0 Å². The standard InChI is InChI=1S/C10H6BrNO3/c11-9-2-6(4-12)1-7(3-10(14)15)8(9)5-13/h1-2,5H,3H2,(H,14,15). The third kappa shape index (κ3) is 2.64. The topological polar surface area (TPSA) is 78.2 Å². The van der Waals surface area contributed by atoms with Gasteiger partial charge in [0.2, 0.25) is 0 Å². The first-order chi connectivity index (χ1) is 7.08. The zero-order valence-corrected chi connectivity index (χ0v) is 9.11. The van der Waals surface area contributed by atoms with Crippen LogP contribution in [0.5, 0.6) is 0 Å². The van der Waals surface area contributed by atoms with E-state index >= 15 is 0 Å². The summed E-state index contributed by atoms with van der Waals surface area (Å²) in [6.45, 7) is 0. The van der Waals surface area contributed by atoms with Crippen LogP contribution in [0.4, 0.5) is 0 Å². The van der Waals surface area contributed by atoms with Gasteiger partial charge < -0.3 is 5.11 Å². The predicted molar refractivity (Wildman–Crippen MR) is 55.6 cm³/mol. The molecule has 0 saturated heterocycles. The first kappa shape index (κ1) is 11.4. The number of rotatable bonds is 3. The summed E-state index contributed by atoms with van der Waals surface area (Å²) in [5, 5.41) is 17.3. The summed E-state index contributed by atoms with van der Waals surface area (Å²) in [5.74, 6) is -1.04. The molecule has 15 heavy (non-hydrogen) atoms. The maximum atomic E-state index is 10.7. The lowest BCUT2D eigenvalue weighted by atomic mass is 10.0. The molecule has 1 rings (SSSR count). The fourth-order valence-corrected chi connectivity index (χ4v) is 1.78. The number of hydrogen-bond donors (Lipinski definition) is 1. The van der Waals surface area contributed by atoms with Crippen LogP contribution >= 0.6 is 15.9 Å². The van der Waals surface area contributed by atoms with E-state index in [2.05, 4.69) is 15.9 Å². The van der Waals surface area contributed by atoms with E-state index < -0.39 is 5.97 Å². The molecular weight excluding hydrogens is 262 g/mol. The van der Waals surface area contributed by atoms with Crippen LogP contribution in [0.1, 0.15) is 21.5 Å². The van der Waals surface area contributed by atoms with E-state index in [1.165, 1.54) is 12.1 Å². The molecule has 1 aromatic carbocycles. The van der Waals surface area contributed by atoms with Gasteiger partial charge in [-0.05, 0) is 17.7 Å². The number of hydrogen-bond acceptors (Lipinski definition) is 3. The Bertz CT molecular complexity index is 462. The fraction of sp³-hybridized carbons (Fsp3) is 0.100. The third-order valence-corrected chi connectivity index (χ3v) is 2.46. The third-order valence-electron chi connectivity index (χ3n) is 1.80. The molecule has 5 heteroatoms. The summed E-state index contributed by atoms with van der Waals surface area (Å²) in [7, 11) is 0. The molecule has 0 unspecified atom stereocenters. The van der Waals surface area contributed by atoms with Crippen molar-refractivity contribution in [1.82, 2.24) is 0 Å². The Morgan fingerprint density at radius 2 is 2.27 bits per heavy atom. The number of aldehydes is 1. The second-order valence-electron chi connectivity index (χ2n) is 2.83. The van der Waals surface area contributed by atoms with E-state index in [0.29, 0.717) is 21.9 Å². The molecule has 0 fully saturated rings. The van der Waals surface area contributed by atoms with Crippen LogP contribution < -0.4 is 0 Å². The average Bonchev–Trinajstić information content (AvgIpc) is 2.16. The largest absolute Gasteiger partial charge is 0.481 e. The minimum atomic E-state index is -1.04. The molecule has 0 spiro atoms. The Hall–Kier alpha value is -1.67. The van der Waals surface area contributed by atoms with Gasteiger partial charge >= 0.3 is 5.97 Å². The molecule has 0 aliphatic rings. The molecule has 0 bridgehead atoms. The molecule has 1 aromatic rings. The highest BCUT2D eigenvalue weighted by Crippen LogP contribution is 2.21. The van der Waals surface area contributed by atoms with Crippen LogP contribution in [0.25, 0.3) is 0 Å². The number of aliphatic carboxylic acids is 1. The van der Waals surface area contributed by atoms with Crippen molar-refractivity contribution in [3.63, 3.8) is 0 Å². The smallest absolute Gasteiger partial charge is 0.307 e. The van der Waals surface area contributed by atoms with Crippen LogP contribution in [0.2, 0.25) is 0 Å². The van der Waals surface area contributed by atoms with E-state index in [1.54, 1.807) is 0 Å². The monoisotopic (exact) mass is 267 g/mol. The molecule has 1 N–H and O–H groups in total. The zero-order chi connectivity index (χ0) is 11.4. The summed E-state index contributed by atoms with van der Waals surface area (Å²) >= 11 is 3.11. The molecule has 0 aliphatic carbocycles. The average molecular weight is 268 g/mol. The highest BCUT2D eigenvalue weighted by atomic mass is 79.9. The molecular formula is C10H6BrNO3. The maximum absolute atomic E-state index is 10.7. The van der Waals surface area contributed by atoms with Gasteiger partial charge in [-0.2, -0.15) is 5.26 Å². The normalized spacial score (nSPS) is 9.33. The Morgan fingerprint density at radius 1 is 1.60 bits per heavy atom. The Balaban J connectivity index is 3.33. The number of carboxylic acids is 1. The van der Waals surface area contributed by atoms with Gasteiger partial charge in [-0.1, -0.05) is 15.9 Å². The van der Waals surface area contributed by atoms with Crippen molar-refractivity contribution in [2.75, 3.05) is 0 Å². The lowest BCUT2D eigenvalue weighted by molar-refractivity contribution is -0.136. The SMILES string of the molecule is N#Cc1cc(Br)c(C=O)c(CC(=O)O)c1. The minimum Gasteiger partial charge on any atom is -0.481 e. The second kappa shape index (κ2) is 4.71. The van der Waals surface area contributed by atoms with Crippen molar-refractivity contribution in [3.05, 3.63) is 33.3 Å². The van der Waals surface area contributed by atoms with Crippen molar-refractivity contribution in [1.29, 1.82) is 5.26 Å². The first-order valence-corrected chi connectivity index (χ1v) is 4.77. The lowest BCUT2D eigenvalue weighted by Crippen LogP contribution is -2.04. The van der Waals surface area contributed by atoms with Gasteiger partial charge in [0.25, 0.3) is 0 Å². The van der Waals surface area contributed by atoms with Crippen molar-refractivity contribution < 1.29 is 14.7 Å². The van der Waals surface area contributed by atoms with Crippen LogP contribution in [-0.4, -0.2) is 17.4 Å². The molecule has 0 saturated carbocycles. The van der Waals surface area contributed by atoms with Gasteiger partial charge in [-0.3, -0.25) is 9.59 Å². The Morgan fingerprint density at radius 3 is 2.73 bits per heavy atom. The van der Waals surface area contributed by atoms with Gasteiger partial charge in [0.05, 0.1) is 18.1 Å². The van der Waals surface area contributed by atoms with E-state index in [0.717, 1.165) is 0 Å². The van der Waals surface area contributed by atoms with Crippen molar-refractivity contribution in [2.24, 2.45) is 0 Å². The van der Waals surface area contributed by atoms with Gasteiger partial charge in [0.1, 0.15) is 0 Å². The summed E-state index contributed by atoms with van der Waals surface area (Å²) in [6.07, 6.45) is 0.297. The van der Waals surface area contributed by atoms with Gasteiger partial charge in [-0.25, -0.2) is 0 Å². The Kier molecular flexibility index (Phi) is 3.58. The maximum Gasteiger partial charge on any atom is 0.307 e. The summed E-state index contributed by atoms with van der Waals surface area (Å²) in [4.78, 5) is 21.3. The van der Waals surface area contributed by atoms with Crippen LogP contribution in [0.15, 0.2) is 16.6 Å². The van der Waals surface area contributed by atoms with Crippen molar-refractivity contribution in [2.45, 2.75) is 6.42 Å². The molecule has 0 heterocycles. The number of carbonyl (C=O) groups excluding carboxylic acids is 1. The van der Waals surface area contributed by atoms with Crippen molar-refractivity contribution in [3.8, 4) is 6.07 Å². The van der Waals surface area contributed by atoms with E-state index in [1.807, 2.05) is 6.07 Å². The molecule has 0 atom stereocenters. The Labute approximate surface area is 94.3 Å². The predicted octanol–water partition coefficient (Wildman–Crippen LogP) is 1.76. The minimum absolute atomic E-state index is 0.274. The van der Waals surface area contributed by atoms with E-state index in [4.69, 9.17) is 10.4 Å². The van der Waals surface area contributed by atoms with Crippen molar-refractivity contribution >= 4 is 28.2 Å². The quantitative estimate of drug-likeness (QED) is 0.847. The summed E-state index contributed by atoms with van der Waals surface area (Å²) in [6, 6.07) is 4.78. The number of carboxylic acid groups (broad SMARTS) is 1. The molecule has 0 aliphatic heterocycles. The van der Waals surface area contributed by atoms with Crippen LogP contribution in [0.3, 0.4) is 0 Å². The number of halogens is 1. The molecule has 76 valence electrons. The van der Waals surface area contributed by atoms with Gasteiger partial charge in [-0.15, -0.1) is 0 Å². The summed E-state index contributed by atoms with van der Waals surface area (Å²) in [5.41, 5.74) is 0.934. The number of nitrogens with zero attached hydrogens (tertiary/aromatic N) is 1. The highest BCUT2D eigenvalue weighted by Gasteiger charge is 2.11. The fourth-order valence-electron chi connectivity index (χ4n) is 1.18. The molecule has 0 aromatic heterocycles. The van der Waals surface area contributed by atoms with Gasteiger partial charge in [0, 0.05) is 10.0 Å². The summed E-state index contributed by atoms with van der Waals surface area (Å²) < 4.78 is 0.438. The highest BCUT2D eigenvalue weighted by molar-refractivity contribution is 9.10. The molecule has 4 nitrogen and oxygen atoms in total. The second-order valence-corrected chi connectivity index (χ2v) is 3.69. The number of benzene rings is 1. The zero-order valence-electron chi connectivity index (χ0n) is 7.53. The van der Waals surface area contributed by atoms with Crippen LogP contribution in [0, 0.1) is 11.3 Å². The van der Waals surface area contributed by atoms with Gasteiger partial charge in [0.15, 0.2) is 6.29 Å². The first-order valence-electron chi connectivity index (χ1n) is 3.98. The molecule has 0 amide bonds.